The average molecular weight is 560 g/mol. The van der Waals surface area contributed by atoms with Gasteiger partial charge in [0.1, 0.15) is 17.7 Å². The molecule has 40 heavy (non-hydrogen) atoms. The summed E-state index contributed by atoms with van der Waals surface area (Å²) in [5, 5.41) is 5.42. The van der Waals surface area contributed by atoms with E-state index in [1.807, 2.05) is 13.8 Å². The lowest BCUT2D eigenvalue weighted by Gasteiger charge is -2.35. The van der Waals surface area contributed by atoms with Gasteiger partial charge in [-0.1, -0.05) is 39.7 Å². The Labute approximate surface area is 237 Å². The first-order valence-electron chi connectivity index (χ1n) is 14.3. The van der Waals surface area contributed by atoms with Crippen molar-refractivity contribution in [3.63, 3.8) is 0 Å². The first kappa shape index (κ1) is 31.5. The maximum atomic E-state index is 13.9. The summed E-state index contributed by atoms with van der Waals surface area (Å²) in [4.78, 5) is 78.7. The molecule has 3 rings (SSSR count). The number of carbonyl (C=O) groups excluding carboxylic acids is 6. The Kier molecular flexibility index (Phi) is 9.31. The van der Waals surface area contributed by atoms with Crippen LogP contribution >= 0.6 is 0 Å². The maximum Gasteiger partial charge on any atom is 0.408 e. The van der Waals surface area contributed by atoms with E-state index < -0.39 is 53.2 Å². The van der Waals surface area contributed by atoms with Crippen LogP contribution in [0, 0.1) is 23.2 Å². The summed E-state index contributed by atoms with van der Waals surface area (Å²) in [6, 6.07) is -2.90. The maximum absolute atomic E-state index is 13.9. The van der Waals surface area contributed by atoms with Gasteiger partial charge in [-0.15, -0.1) is 0 Å². The van der Waals surface area contributed by atoms with Crippen molar-refractivity contribution in [2.45, 2.75) is 111 Å². The average Bonchev–Trinajstić information content (AvgIpc) is 3.14. The van der Waals surface area contributed by atoms with Gasteiger partial charge in [-0.25, -0.2) is 4.79 Å². The van der Waals surface area contributed by atoms with Crippen LogP contribution in [0.2, 0.25) is 0 Å². The van der Waals surface area contributed by atoms with Gasteiger partial charge in [-0.3, -0.25) is 24.0 Å². The number of alkyl carbamates (subject to hydrolysis) is 1. The minimum Gasteiger partial charge on any atom is -0.444 e. The van der Waals surface area contributed by atoms with Crippen molar-refractivity contribution in [1.29, 1.82) is 0 Å². The lowest BCUT2D eigenvalue weighted by atomic mass is 9.80. The second-order valence-corrected chi connectivity index (χ2v) is 13.3. The zero-order valence-electron chi connectivity index (χ0n) is 24.9. The molecule has 0 spiro atoms. The smallest absolute Gasteiger partial charge is 0.408 e. The number of fused-ring (bicyclic) bond motifs is 1. The van der Waals surface area contributed by atoms with Crippen molar-refractivity contribution >= 4 is 35.3 Å². The van der Waals surface area contributed by atoms with Gasteiger partial charge >= 0.3 is 6.09 Å². The highest BCUT2D eigenvalue weighted by molar-refractivity contribution is 6.38. The van der Waals surface area contributed by atoms with Crippen molar-refractivity contribution in [3.05, 3.63) is 12.2 Å². The molecule has 1 aliphatic heterocycles. The number of likely N-dealkylation sites (tertiary alicyclic amines) is 1. The van der Waals surface area contributed by atoms with E-state index >= 15 is 0 Å². The molecular weight excluding hydrogens is 514 g/mol. The molecule has 0 aromatic carbocycles. The molecule has 0 bridgehead atoms. The number of ketones is 3. The van der Waals surface area contributed by atoms with Crippen molar-refractivity contribution in [2.75, 3.05) is 6.54 Å². The number of nitrogens with one attached hydrogen (secondary N) is 2. The van der Waals surface area contributed by atoms with Gasteiger partial charge in [0.15, 0.2) is 11.6 Å². The molecule has 2 N–H and O–H groups in total. The van der Waals surface area contributed by atoms with E-state index in [1.165, 1.54) is 11.8 Å². The van der Waals surface area contributed by atoms with Gasteiger partial charge < -0.3 is 20.3 Å². The van der Waals surface area contributed by atoms with E-state index in [0.717, 1.165) is 19.3 Å². The largest absolute Gasteiger partial charge is 0.444 e. The lowest BCUT2D eigenvalue weighted by molar-refractivity contribution is -0.144. The van der Waals surface area contributed by atoms with Crippen LogP contribution in [0.15, 0.2) is 12.2 Å². The minimum absolute atomic E-state index is 0.0127. The number of Topliss-reactive ketones (excluding diaryl/α,β-unsaturated/α-hetero) is 3. The molecule has 10 heteroatoms. The molecule has 3 fully saturated rings. The Hall–Kier alpha value is -3.04. The molecule has 2 saturated carbocycles. The molecule has 3 amide bonds. The number of rotatable bonds is 12. The highest BCUT2D eigenvalue weighted by Crippen LogP contribution is 2.65. The summed E-state index contributed by atoms with van der Waals surface area (Å²) < 4.78 is 5.36. The van der Waals surface area contributed by atoms with Crippen LogP contribution in [0.25, 0.3) is 0 Å². The highest BCUT2D eigenvalue weighted by atomic mass is 16.6. The number of hydrogen-bond acceptors (Lipinski definition) is 7. The fraction of sp³-hybridized carbons (Fsp3) is 0.733. The van der Waals surface area contributed by atoms with Crippen molar-refractivity contribution in [3.8, 4) is 0 Å². The first-order valence-corrected chi connectivity index (χ1v) is 14.3. The van der Waals surface area contributed by atoms with Gasteiger partial charge in [0.05, 0.1) is 6.04 Å². The van der Waals surface area contributed by atoms with Crippen LogP contribution in [0.1, 0.15) is 87.0 Å². The first-order chi connectivity index (χ1) is 18.4. The number of ether oxygens (including phenoxy) is 1. The predicted molar refractivity (Wildman–Crippen MR) is 148 cm³/mol. The zero-order valence-corrected chi connectivity index (χ0v) is 24.9. The molecular formula is C30H45N3O7. The molecule has 1 heterocycles. The Morgan fingerprint density at radius 3 is 2.15 bits per heavy atom. The molecule has 2 aliphatic carbocycles. The zero-order chi connectivity index (χ0) is 30.2. The summed E-state index contributed by atoms with van der Waals surface area (Å²) >= 11 is 0. The number of carbonyl (C=O) groups is 6. The number of hydrogen-bond donors (Lipinski definition) is 2. The number of allylic oxidation sites excluding steroid dienone is 1. The van der Waals surface area contributed by atoms with E-state index in [1.54, 1.807) is 27.7 Å². The second-order valence-electron chi connectivity index (χ2n) is 13.3. The van der Waals surface area contributed by atoms with E-state index in [9.17, 15) is 28.8 Å². The summed E-state index contributed by atoms with van der Waals surface area (Å²) in [6.45, 7) is 15.9. The van der Waals surface area contributed by atoms with Crippen LogP contribution in [0.4, 0.5) is 4.79 Å². The van der Waals surface area contributed by atoms with E-state index in [-0.39, 0.29) is 41.8 Å². The van der Waals surface area contributed by atoms with Gasteiger partial charge in [-0.2, -0.15) is 0 Å². The fourth-order valence-corrected chi connectivity index (χ4v) is 6.01. The van der Waals surface area contributed by atoms with Crippen molar-refractivity contribution in [2.24, 2.45) is 23.2 Å². The Balaban J connectivity index is 1.83. The number of nitrogens with zero attached hydrogens (tertiary/aromatic N) is 1. The Bertz CT molecular complexity index is 1090. The SMILES string of the molecule is C=C(C)C(=O)CC[C@H](NC(=O)OC(C)(C)C)C(=O)N1CC2C([C@H]1C(=O)NC(CC1CCC1)C(=O)C(C)=O)C2(C)C. The van der Waals surface area contributed by atoms with Crippen LogP contribution in [-0.2, 0) is 28.7 Å². The molecule has 222 valence electrons. The van der Waals surface area contributed by atoms with E-state index in [2.05, 4.69) is 17.2 Å². The van der Waals surface area contributed by atoms with Gasteiger partial charge in [0.2, 0.25) is 17.6 Å². The van der Waals surface area contributed by atoms with E-state index in [0.29, 0.717) is 18.5 Å². The van der Waals surface area contributed by atoms with Gasteiger partial charge in [-0.05, 0) is 69.3 Å². The third kappa shape index (κ3) is 7.18. The molecule has 0 aromatic heterocycles. The van der Waals surface area contributed by atoms with E-state index in [4.69, 9.17) is 4.74 Å². The topological polar surface area (TPSA) is 139 Å². The normalized spacial score (nSPS) is 24.6. The van der Waals surface area contributed by atoms with Gasteiger partial charge in [0.25, 0.3) is 0 Å². The Morgan fingerprint density at radius 1 is 1.02 bits per heavy atom. The Morgan fingerprint density at radius 2 is 1.65 bits per heavy atom. The quantitative estimate of drug-likeness (QED) is 0.277. The second kappa shape index (κ2) is 11.8. The predicted octanol–water partition coefficient (Wildman–Crippen LogP) is 3.12. The molecule has 3 unspecified atom stereocenters. The van der Waals surface area contributed by atoms with Crippen LogP contribution in [0.5, 0.6) is 0 Å². The fourth-order valence-electron chi connectivity index (χ4n) is 6.01. The molecule has 5 atom stereocenters. The van der Waals surface area contributed by atoms with Crippen LogP contribution in [0.3, 0.4) is 0 Å². The summed E-state index contributed by atoms with van der Waals surface area (Å²) in [5.74, 6) is -2.23. The monoisotopic (exact) mass is 559 g/mol. The standard InChI is InChI=1S/C30H45N3O7/c1-16(2)22(35)13-12-20(32-28(39)40-29(4,5)6)27(38)33-15-19-23(30(19,7)8)24(33)26(37)31-21(25(36)17(3)34)14-18-10-9-11-18/h18-21,23-24H,1,9-15H2,2-8H3,(H,31,37)(H,32,39)/t19?,20-,21?,23?,24-/m0/s1. The molecule has 3 aliphatic rings. The minimum atomic E-state index is -1.10. The summed E-state index contributed by atoms with van der Waals surface area (Å²) in [5.41, 5.74) is -0.639. The molecule has 1 saturated heterocycles. The summed E-state index contributed by atoms with van der Waals surface area (Å²) in [6.07, 6.45) is 2.55. The summed E-state index contributed by atoms with van der Waals surface area (Å²) in [7, 11) is 0. The van der Waals surface area contributed by atoms with Gasteiger partial charge in [0, 0.05) is 19.9 Å². The lowest BCUT2D eigenvalue weighted by Crippen LogP contribution is -2.58. The van der Waals surface area contributed by atoms with Crippen LogP contribution in [-0.4, -0.2) is 70.4 Å². The molecule has 0 aromatic rings. The van der Waals surface area contributed by atoms with Crippen LogP contribution < -0.4 is 10.6 Å². The van der Waals surface area contributed by atoms with Crippen molar-refractivity contribution in [1.82, 2.24) is 15.5 Å². The number of amides is 3. The third-order valence-electron chi connectivity index (χ3n) is 8.66. The molecule has 10 nitrogen and oxygen atoms in total. The van der Waals surface area contributed by atoms with Crippen molar-refractivity contribution < 1.29 is 33.5 Å². The highest BCUT2D eigenvalue weighted by Gasteiger charge is 2.69. The third-order valence-corrected chi connectivity index (χ3v) is 8.66. The molecule has 0 radical (unpaired) electrons. The number of piperidine rings is 1.